The number of carbonyl (C=O) groups excluding carboxylic acids is 1. The molecule has 0 saturated heterocycles. The van der Waals surface area contributed by atoms with E-state index in [1.54, 1.807) is 39.0 Å². The molecule has 0 aliphatic heterocycles. The molecule has 0 fully saturated rings. The van der Waals surface area contributed by atoms with Gasteiger partial charge in [0.2, 0.25) is 5.91 Å². The molecule has 0 unspecified atom stereocenters. The van der Waals surface area contributed by atoms with E-state index in [0.29, 0.717) is 34.8 Å². The van der Waals surface area contributed by atoms with Crippen LogP contribution in [0.15, 0.2) is 18.2 Å². The van der Waals surface area contributed by atoms with E-state index in [9.17, 15) is 14.7 Å². The van der Waals surface area contributed by atoms with Crippen molar-refractivity contribution in [1.29, 1.82) is 0 Å². The number of nitrogens with one attached hydrogen (secondary N) is 1. The standard InChI is InChI=1S/C20H27N3O4/c1-11(2)9-22-19(26)20(4,5)10-27-14-8-6-7-13-16(14)17(21)15(18(24)25)12(3)23-13/h6-8,11H,9-10H2,1-5H3,(H2,21,23)(H,22,26)(H,24,25). The number of rotatable bonds is 7. The van der Waals surface area contributed by atoms with Gasteiger partial charge in [0.25, 0.3) is 0 Å². The number of fused-ring (bicyclic) bond motifs is 1. The first-order chi connectivity index (χ1) is 12.5. The second-order valence-corrected chi connectivity index (χ2v) is 7.72. The molecule has 4 N–H and O–H groups in total. The number of aryl methyl sites for hydroxylation is 1. The van der Waals surface area contributed by atoms with Gasteiger partial charge in [0, 0.05) is 6.54 Å². The number of hydrogen-bond donors (Lipinski definition) is 3. The van der Waals surface area contributed by atoms with Crippen LogP contribution in [0, 0.1) is 18.3 Å². The Morgan fingerprint density at radius 1 is 1.33 bits per heavy atom. The van der Waals surface area contributed by atoms with Crippen LogP contribution in [0.1, 0.15) is 43.7 Å². The smallest absolute Gasteiger partial charge is 0.339 e. The second kappa shape index (κ2) is 7.82. The molecular formula is C20H27N3O4. The Morgan fingerprint density at radius 3 is 2.59 bits per heavy atom. The third kappa shape index (κ3) is 4.48. The van der Waals surface area contributed by atoms with E-state index in [1.165, 1.54) is 0 Å². The van der Waals surface area contributed by atoms with Gasteiger partial charge in [-0.2, -0.15) is 0 Å². The van der Waals surface area contributed by atoms with E-state index in [4.69, 9.17) is 10.5 Å². The first-order valence-electron chi connectivity index (χ1n) is 8.87. The van der Waals surface area contributed by atoms with Crippen LogP contribution < -0.4 is 15.8 Å². The summed E-state index contributed by atoms with van der Waals surface area (Å²) in [5, 5.41) is 12.8. The molecule has 1 amide bonds. The predicted octanol–water partition coefficient (Wildman–Crippen LogP) is 3.00. The van der Waals surface area contributed by atoms with Crippen molar-refractivity contribution < 1.29 is 19.4 Å². The van der Waals surface area contributed by atoms with Crippen molar-refractivity contribution in [2.24, 2.45) is 11.3 Å². The minimum Gasteiger partial charge on any atom is -0.492 e. The van der Waals surface area contributed by atoms with Crippen molar-refractivity contribution in [3.63, 3.8) is 0 Å². The van der Waals surface area contributed by atoms with E-state index in [2.05, 4.69) is 10.3 Å². The molecule has 0 saturated carbocycles. The normalized spacial score (nSPS) is 11.6. The highest BCUT2D eigenvalue weighted by Crippen LogP contribution is 2.34. The number of nitrogens with two attached hydrogens (primary N) is 1. The topological polar surface area (TPSA) is 115 Å². The quantitative estimate of drug-likeness (QED) is 0.687. The van der Waals surface area contributed by atoms with E-state index in [1.807, 2.05) is 13.8 Å². The number of aromatic nitrogens is 1. The number of benzene rings is 1. The van der Waals surface area contributed by atoms with Gasteiger partial charge in [-0.05, 0) is 38.8 Å². The number of ether oxygens (including phenoxy) is 1. The van der Waals surface area contributed by atoms with E-state index in [0.717, 1.165) is 0 Å². The molecule has 1 aromatic carbocycles. The van der Waals surface area contributed by atoms with E-state index in [-0.39, 0.29) is 23.8 Å². The van der Waals surface area contributed by atoms with Gasteiger partial charge < -0.3 is 20.9 Å². The van der Waals surface area contributed by atoms with Crippen molar-refractivity contribution in [3.8, 4) is 5.75 Å². The molecule has 7 nitrogen and oxygen atoms in total. The summed E-state index contributed by atoms with van der Waals surface area (Å²) >= 11 is 0. The number of carboxylic acid groups (broad SMARTS) is 1. The van der Waals surface area contributed by atoms with Gasteiger partial charge in [-0.3, -0.25) is 9.78 Å². The largest absolute Gasteiger partial charge is 0.492 e. The lowest BCUT2D eigenvalue weighted by Gasteiger charge is -2.25. The van der Waals surface area contributed by atoms with Gasteiger partial charge in [0.05, 0.1) is 27.7 Å². The summed E-state index contributed by atoms with van der Waals surface area (Å²) in [6, 6.07) is 5.21. The fourth-order valence-electron chi connectivity index (χ4n) is 2.69. The van der Waals surface area contributed by atoms with E-state index >= 15 is 0 Å². The van der Waals surface area contributed by atoms with Crippen LogP contribution >= 0.6 is 0 Å². The summed E-state index contributed by atoms with van der Waals surface area (Å²) in [6.45, 7) is 9.95. The van der Waals surface area contributed by atoms with Crippen LogP contribution in [-0.2, 0) is 4.79 Å². The van der Waals surface area contributed by atoms with Gasteiger partial charge in [0.1, 0.15) is 17.9 Å². The van der Waals surface area contributed by atoms with Crippen LogP contribution in [0.2, 0.25) is 0 Å². The first-order valence-corrected chi connectivity index (χ1v) is 8.87. The van der Waals surface area contributed by atoms with Crippen LogP contribution in [0.5, 0.6) is 5.75 Å². The second-order valence-electron chi connectivity index (χ2n) is 7.72. The van der Waals surface area contributed by atoms with Crippen molar-refractivity contribution in [3.05, 3.63) is 29.5 Å². The SMILES string of the molecule is Cc1nc2cccc(OCC(C)(C)C(=O)NCC(C)C)c2c(N)c1C(=O)O. The summed E-state index contributed by atoms with van der Waals surface area (Å²) in [7, 11) is 0. The Morgan fingerprint density at radius 2 is 2.00 bits per heavy atom. The Kier molecular flexibility index (Phi) is 5.93. The zero-order valence-corrected chi connectivity index (χ0v) is 16.4. The highest BCUT2D eigenvalue weighted by Gasteiger charge is 2.29. The number of pyridine rings is 1. The fourth-order valence-corrected chi connectivity index (χ4v) is 2.69. The Hall–Kier alpha value is -2.83. The summed E-state index contributed by atoms with van der Waals surface area (Å²) < 4.78 is 5.89. The number of carboxylic acids is 1. The molecular weight excluding hydrogens is 346 g/mol. The maximum atomic E-state index is 12.4. The lowest BCUT2D eigenvalue weighted by atomic mass is 9.93. The van der Waals surface area contributed by atoms with Crippen molar-refractivity contribution in [2.45, 2.75) is 34.6 Å². The number of nitrogen functional groups attached to an aromatic ring is 1. The molecule has 0 aliphatic rings. The lowest BCUT2D eigenvalue weighted by molar-refractivity contribution is -0.130. The van der Waals surface area contributed by atoms with Crippen LogP contribution in [0.4, 0.5) is 5.69 Å². The van der Waals surface area contributed by atoms with Gasteiger partial charge in [-0.15, -0.1) is 0 Å². The van der Waals surface area contributed by atoms with Gasteiger partial charge in [0.15, 0.2) is 0 Å². The average molecular weight is 373 g/mol. The van der Waals surface area contributed by atoms with Crippen molar-refractivity contribution >= 4 is 28.5 Å². The first kappa shape index (κ1) is 20.5. The molecule has 7 heteroatoms. The number of aromatic carboxylic acids is 1. The fraction of sp³-hybridized carbons (Fsp3) is 0.450. The summed E-state index contributed by atoms with van der Waals surface area (Å²) in [5.41, 5.74) is 6.33. The molecule has 1 heterocycles. The maximum Gasteiger partial charge on any atom is 0.339 e. The minimum absolute atomic E-state index is 0.0347. The molecule has 27 heavy (non-hydrogen) atoms. The van der Waals surface area contributed by atoms with Gasteiger partial charge >= 0.3 is 5.97 Å². The summed E-state index contributed by atoms with van der Waals surface area (Å²) in [4.78, 5) is 28.2. The lowest BCUT2D eigenvalue weighted by Crippen LogP contribution is -2.42. The van der Waals surface area contributed by atoms with Crippen molar-refractivity contribution in [2.75, 3.05) is 18.9 Å². The van der Waals surface area contributed by atoms with E-state index < -0.39 is 11.4 Å². The number of amides is 1. The average Bonchev–Trinajstić information content (AvgIpc) is 2.57. The Bertz CT molecular complexity index is 875. The highest BCUT2D eigenvalue weighted by molar-refractivity contribution is 6.06. The van der Waals surface area contributed by atoms with Crippen LogP contribution in [-0.4, -0.2) is 35.1 Å². The highest BCUT2D eigenvalue weighted by atomic mass is 16.5. The van der Waals surface area contributed by atoms with Crippen LogP contribution in [0.3, 0.4) is 0 Å². The molecule has 0 spiro atoms. The third-order valence-corrected chi connectivity index (χ3v) is 4.28. The minimum atomic E-state index is -1.14. The molecule has 2 rings (SSSR count). The number of anilines is 1. The zero-order chi connectivity index (χ0) is 20.4. The molecule has 0 bridgehead atoms. The zero-order valence-electron chi connectivity index (χ0n) is 16.4. The predicted molar refractivity (Wildman–Crippen MR) is 105 cm³/mol. The monoisotopic (exact) mass is 373 g/mol. The molecule has 146 valence electrons. The number of nitrogens with zero attached hydrogens (tertiary/aromatic N) is 1. The number of carbonyl (C=O) groups is 2. The van der Waals surface area contributed by atoms with Gasteiger partial charge in [-0.1, -0.05) is 19.9 Å². The Labute approximate surface area is 158 Å². The molecule has 0 aliphatic carbocycles. The molecule has 0 radical (unpaired) electrons. The van der Waals surface area contributed by atoms with Crippen molar-refractivity contribution in [1.82, 2.24) is 10.3 Å². The summed E-state index contributed by atoms with van der Waals surface area (Å²) in [6.07, 6.45) is 0. The summed E-state index contributed by atoms with van der Waals surface area (Å²) in [5.74, 6) is -0.482. The number of hydrogen-bond acceptors (Lipinski definition) is 5. The molecule has 2 aromatic rings. The molecule has 0 atom stereocenters. The van der Waals surface area contributed by atoms with Gasteiger partial charge in [-0.25, -0.2) is 4.79 Å². The molecule has 1 aromatic heterocycles. The maximum absolute atomic E-state index is 12.4. The Balaban J connectivity index is 2.33. The van der Waals surface area contributed by atoms with Crippen LogP contribution in [0.25, 0.3) is 10.9 Å². The third-order valence-electron chi connectivity index (χ3n) is 4.28.